The summed E-state index contributed by atoms with van der Waals surface area (Å²) in [4.78, 5) is 0.825. The van der Waals surface area contributed by atoms with Crippen LogP contribution < -0.4 is 5.73 Å². The molecule has 2 unspecified atom stereocenters. The lowest BCUT2D eigenvalue weighted by Gasteiger charge is -2.05. The van der Waals surface area contributed by atoms with Gasteiger partial charge < -0.3 is 10.5 Å². The predicted molar refractivity (Wildman–Crippen MR) is 64.1 cm³/mol. The van der Waals surface area contributed by atoms with E-state index < -0.39 is 0 Å². The van der Waals surface area contributed by atoms with Gasteiger partial charge in [0, 0.05) is 19.1 Å². The molecule has 92 valence electrons. The quantitative estimate of drug-likeness (QED) is 0.886. The SMILES string of the molecule is CC(CN)c1nn2c(C3CCCO3)nnc2s1. The van der Waals surface area contributed by atoms with Gasteiger partial charge in [-0.1, -0.05) is 18.3 Å². The summed E-state index contributed by atoms with van der Waals surface area (Å²) in [5.41, 5.74) is 5.65. The molecule has 2 aromatic heterocycles. The Bertz CT molecular complexity index is 516. The summed E-state index contributed by atoms with van der Waals surface area (Å²) in [6.07, 6.45) is 2.13. The van der Waals surface area contributed by atoms with Gasteiger partial charge in [0.1, 0.15) is 11.1 Å². The van der Waals surface area contributed by atoms with E-state index in [-0.39, 0.29) is 12.0 Å². The van der Waals surface area contributed by atoms with Gasteiger partial charge in [0.05, 0.1) is 0 Å². The minimum Gasteiger partial charge on any atom is -0.370 e. The van der Waals surface area contributed by atoms with Gasteiger partial charge in [-0.15, -0.1) is 10.2 Å². The van der Waals surface area contributed by atoms with Crippen molar-refractivity contribution < 1.29 is 4.74 Å². The minimum atomic E-state index is 0.0492. The zero-order chi connectivity index (χ0) is 11.8. The number of ether oxygens (including phenoxy) is 1. The fourth-order valence-electron chi connectivity index (χ4n) is 1.93. The minimum absolute atomic E-state index is 0.0492. The molecule has 0 spiro atoms. The molecule has 2 aromatic rings. The largest absolute Gasteiger partial charge is 0.370 e. The Kier molecular flexibility index (Phi) is 2.81. The second-order valence-electron chi connectivity index (χ2n) is 4.33. The highest BCUT2D eigenvalue weighted by Gasteiger charge is 2.25. The summed E-state index contributed by atoms with van der Waals surface area (Å²) in [6.45, 7) is 3.46. The van der Waals surface area contributed by atoms with Gasteiger partial charge in [-0.2, -0.15) is 9.61 Å². The van der Waals surface area contributed by atoms with E-state index in [0.717, 1.165) is 35.2 Å². The number of nitrogens with two attached hydrogens (primary N) is 1. The Labute approximate surface area is 103 Å². The molecule has 0 bridgehead atoms. The summed E-state index contributed by atoms with van der Waals surface area (Å²) in [6, 6.07) is 0. The third-order valence-electron chi connectivity index (χ3n) is 3.02. The first-order valence-corrected chi connectivity index (χ1v) is 6.65. The molecule has 2 atom stereocenters. The molecule has 0 amide bonds. The highest BCUT2D eigenvalue weighted by atomic mass is 32.1. The maximum atomic E-state index is 5.65. The summed E-state index contributed by atoms with van der Waals surface area (Å²) in [5.74, 6) is 1.09. The number of nitrogens with zero attached hydrogens (tertiary/aromatic N) is 4. The van der Waals surface area contributed by atoms with Crippen LogP contribution in [0.5, 0.6) is 0 Å². The van der Waals surface area contributed by atoms with E-state index in [1.54, 1.807) is 11.3 Å². The average Bonchev–Trinajstić information content (AvgIpc) is 3.02. The normalized spacial score (nSPS) is 22.4. The van der Waals surface area contributed by atoms with E-state index in [1.165, 1.54) is 0 Å². The van der Waals surface area contributed by atoms with E-state index in [2.05, 4.69) is 22.2 Å². The van der Waals surface area contributed by atoms with Crippen LogP contribution in [-0.2, 0) is 4.74 Å². The fourth-order valence-corrected chi connectivity index (χ4v) is 2.84. The summed E-state index contributed by atoms with van der Waals surface area (Å²) >= 11 is 1.55. The first-order chi connectivity index (χ1) is 8.29. The van der Waals surface area contributed by atoms with Crippen molar-refractivity contribution in [1.29, 1.82) is 0 Å². The number of hydrogen-bond acceptors (Lipinski definition) is 6. The topological polar surface area (TPSA) is 78.3 Å². The molecule has 0 radical (unpaired) electrons. The Morgan fingerprint density at radius 1 is 1.59 bits per heavy atom. The van der Waals surface area contributed by atoms with Crippen molar-refractivity contribution in [1.82, 2.24) is 19.8 Å². The van der Waals surface area contributed by atoms with Crippen molar-refractivity contribution in [3.63, 3.8) is 0 Å². The van der Waals surface area contributed by atoms with Crippen LogP contribution in [0.1, 0.15) is 42.6 Å². The first-order valence-electron chi connectivity index (χ1n) is 5.83. The predicted octanol–water partition coefficient (Wildman–Crippen LogP) is 1.10. The summed E-state index contributed by atoms with van der Waals surface area (Å²) in [7, 11) is 0. The molecule has 3 rings (SSSR count). The maximum absolute atomic E-state index is 5.65. The molecule has 2 N–H and O–H groups in total. The summed E-state index contributed by atoms with van der Waals surface area (Å²) < 4.78 is 7.43. The molecule has 0 saturated carbocycles. The molecular weight excluding hydrogens is 238 g/mol. The zero-order valence-corrected chi connectivity index (χ0v) is 10.5. The first kappa shape index (κ1) is 11.1. The van der Waals surface area contributed by atoms with Crippen molar-refractivity contribution in [2.45, 2.75) is 31.8 Å². The van der Waals surface area contributed by atoms with Crippen LogP contribution in [0.15, 0.2) is 0 Å². The second kappa shape index (κ2) is 4.32. The molecule has 1 fully saturated rings. The Balaban J connectivity index is 1.99. The third-order valence-corrected chi connectivity index (χ3v) is 4.15. The lowest BCUT2D eigenvalue weighted by Crippen LogP contribution is -2.10. The van der Waals surface area contributed by atoms with Crippen molar-refractivity contribution in [2.24, 2.45) is 5.73 Å². The Morgan fingerprint density at radius 2 is 2.47 bits per heavy atom. The number of fused-ring (bicyclic) bond motifs is 1. The van der Waals surface area contributed by atoms with Crippen LogP contribution in [0.4, 0.5) is 0 Å². The molecule has 17 heavy (non-hydrogen) atoms. The van der Waals surface area contributed by atoms with Crippen LogP contribution in [0.25, 0.3) is 4.96 Å². The highest BCUT2D eigenvalue weighted by molar-refractivity contribution is 7.16. The van der Waals surface area contributed by atoms with Crippen LogP contribution in [0, 0.1) is 0 Å². The molecule has 1 aliphatic heterocycles. The maximum Gasteiger partial charge on any atom is 0.234 e. The van der Waals surface area contributed by atoms with Gasteiger partial charge in [-0.05, 0) is 12.8 Å². The molecule has 3 heterocycles. The zero-order valence-electron chi connectivity index (χ0n) is 9.67. The summed E-state index contributed by atoms with van der Waals surface area (Å²) in [5, 5.41) is 13.9. The van der Waals surface area contributed by atoms with Crippen molar-refractivity contribution in [3.8, 4) is 0 Å². The fraction of sp³-hybridized carbons (Fsp3) is 0.700. The lowest BCUT2D eigenvalue weighted by atomic mass is 10.2. The number of hydrogen-bond donors (Lipinski definition) is 1. The second-order valence-corrected chi connectivity index (χ2v) is 5.32. The molecule has 1 aliphatic rings. The van der Waals surface area contributed by atoms with Gasteiger partial charge in [0.25, 0.3) is 0 Å². The molecule has 0 aliphatic carbocycles. The smallest absolute Gasteiger partial charge is 0.234 e. The van der Waals surface area contributed by atoms with E-state index in [0.29, 0.717) is 6.54 Å². The van der Waals surface area contributed by atoms with Gasteiger partial charge in [-0.25, -0.2) is 0 Å². The number of aromatic nitrogens is 4. The van der Waals surface area contributed by atoms with Gasteiger partial charge in [0.15, 0.2) is 5.82 Å². The van der Waals surface area contributed by atoms with Crippen molar-refractivity contribution in [3.05, 3.63) is 10.8 Å². The Morgan fingerprint density at radius 3 is 3.18 bits per heavy atom. The van der Waals surface area contributed by atoms with Gasteiger partial charge in [0.2, 0.25) is 4.96 Å². The van der Waals surface area contributed by atoms with E-state index in [4.69, 9.17) is 10.5 Å². The van der Waals surface area contributed by atoms with Crippen LogP contribution in [0.2, 0.25) is 0 Å². The Hall–Kier alpha value is -1.05. The van der Waals surface area contributed by atoms with Crippen LogP contribution >= 0.6 is 11.3 Å². The van der Waals surface area contributed by atoms with Crippen molar-refractivity contribution in [2.75, 3.05) is 13.2 Å². The average molecular weight is 253 g/mol. The van der Waals surface area contributed by atoms with Crippen LogP contribution in [-0.4, -0.2) is 33.0 Å². The number of rotatable bonds is 3. The lowest BCUT2D eigenvalue weighted by molar-refractivity contribution is 0.103. The molecule has 0 aromatic carbocycles. The van der Waals surface area contributed by atoms with Gasteiger partial charge >= 0.3 is 0 Å². The van der Waals surface area contributed by atoms with Gasteiger partial charge in [-0.3, -0.25) is 0 Å². The standard InChI is InChI=1S/C10H15N5OS/c1-6(5-11)9-14-15-8(7-3-2-4-16-7)12-13-10(15)17-9/h6-7H,2-5,11H2,1H3. The molecule has 6 nitrogen and oxygen atoms in total. The highest BCUT2D eigenvalue weighted by Crippen LogP contribution is 2.29. The van der Waals surface area contributed by atoms with E-state index >= 15 is 0 Å². The van der Waals surface area contributed by atoms with Crippen molar-refractivity contribution >= 4 is 16.3 Å². The monoisotopic (exact) mass is 253 g/mol. The van der Waals surface area contributed by atoms with E-state index in [9.17, 15) is 0 Å². The molecule has 1 saturated heterocycles. The van der Waals surface area contributed by atoms with Crippen LogP contribution in [0.3, 0.4) is 0 Å². The third kappa shape index (κ3) is 1.84. The van der Waals surface area contributed by atoms with E-state index in [1.807, 2.05) is 4.52 Å². The molecular formula is C10H15N5OS. The molecule has 7 heteroatoms.